The van der Waals surface area contributed by atoms with Gasteiger partial charge in [0.25, 0.3) is 5.91 Å². The summed E-state index contributed by atoms with van der Waals surface area (Å²) in [6.45, 7) is 5.88. The molecule has 0 saturated carbocycles. The smallest absolute Gasteiger partial charge is 0.326 e. The van der Waals surface area contributed by atoms with Crippen molar-refractivity contribution in [2.75, 3.05) is 0 Å². The number of carbonyl (C=O) groups is 3. The minimum atomic E-state index is -1.08. The molecule has 0 unspecified atom stereocenters. The summed E-state index contributed by atoms with van der Waals surface area (Å²) < 4.78 is 0. The fraction of sp³-hybridized carbons (Fsp3) is 0.318. The summed E-state index contributed by atoms with van der Waals surface area (Å²) in [5, 5.41) is 14.8. The molecule has 2 aromatic rings. The van der Waals surface area contributed by atoms with E-state index in [9.17, 15) is 19.5 Å². The molecule has 148 valence electrons. The monoisotopic (exact) mass is 382 g/mol. The standard InChI is InChI=1S/C22H26N2O4/c1-22(2,3)21(28)23-14-16-9-11-17(12-10-16)19(25)24-18(20(26)27)13-15-7-5-4-6-8-15/h4-12,18H,13-14H2,1-3H3,(H,23,28)(H,24,25)(H,26,27)/t18-/m0/s1. The van der Waals surface area contributed by atoms with E-state index < -0.39 is 23.3 Å². The number of nitrogens with one attached hydrogen (secondary N) is 2. The molecule has 6 heteroatoms. The highest BCUT2D eigenvalue weighted by molar-refractivity contribution is 5.96. The van der Waals surface area contributed by atoms with Gasteiger partial charge >= 0.3 is 5.97 Å². The molecule has 0 aliphatic carbocycles. The van der Waals surface area contributed by atoms with E-state index >= 15 is 0 Å². The fourth-order valence-corrected chi connectivity index (χ4v) is 2.51. The predicted octanol–water partition coefficient (Wildman–Crippen LogP) is 2.77. The van der Waals surface area contributed by atoms with Crippen LogP contribution in [-0.2, 0) is 22.6 Å². The molecule has 0 aliphatic heterocycles. The number of carbonyl (C=O) groups excluding carboxylic acids is 2. The van der Waals surface area contributed by atoms with Crippen molar-refractivity contribution in [2.45, 2.75) is 39.8 Å². The average Bonchev–Trinajstić information content (AvgIpc) is 2.65. The Hall–Kier alpha value is -3.15. The third kappa shape index (κ3) is 6.23. The van der Waals surface area contributed by atoms with E-state index in [0.29, 0.717) is 12.1 Å². The molecule has 0 fully saturated rings. The molecular formula is C22H26N2O4. The van der Waals surface area contributed by atoms with Gasteiger partial charge in [-0.25, -0.2) is 4.79 Å². The topological polar surface area (TPSA) is 95.5 Å². The van der Waals surface area contributed by atoms with Gasteiger partial charge in [-0.1, -0.05) is 63.2 Å². The van der Waals surface area contributed by atoms with Gasteiger partial charge in [-0.3, -0.25) is 9.59 Å². The van der Waals surface area contributed by atoms with Gasteiger partial charge in [-0.05, 0) is 23.3 Å². The first-order valence-electron chi connectivity index (χ1n) is 9.11. The van der Waals surface area contributed by atoms with Gasteiger partial charge in [0.05, 0.1) is 0 Å². The lowest BCUT2D eigenvalue weighted by atomic mass is 9.95. The van der Waals surface area contributed by atoms with Crippen LogP contribution in [-0.4, -0.2) is 28.9 Å². The molecule has 2 amide bonds. The first-order valence-corrected chi connectivity index (χ1v) is 9.11. The SMILES string of the molecule is CC(C)(C)C(=O)NCc1ccc(C(=O)N[C@@H](Cc2ccccc2)C(=O)O)cc1. The number of aliphatic carboxylic acids is 1. The van der Waals surface area contributed by atoms with Gasteiger partial charge in [-0.15, -0.1) is 0 Å². The predicted molar refractivity (Wildman–Crippen MR) is 107 cm³/mol. The van der Waals surface area contributed by atoms with Crippen LogP contribution in [0.4, 0.5) is 0 Å². The van der Waals surface area contributed by atoms with Crippen LogP contribution in [0.2, 0.25) is 0 Å². The van der Waals surface area contributed by atoms with Crippen molar-refractivity contribution in [1.82, 2.24) is 10.6 Å². The summed E-state index contributed by atoms with van der Waals surface area (Å²) in [6, 6.07) is 14.9. The van der Waals surface area contributed by atoms with Crippen LogP contribution in [0.15, 0.2) is 54.6 Å². The van der Waals surface area contributed by atoms with Gasteiger partial charge in [0.2, 0.25) is 5.91 Å². The molecule has 0 bridgehead atoms. The maximum Gasteiger partial charge on any atom is 0.326 e. The lowest BCUT2D eigenvalue weighted by Crippen LogP contribution is -2.42. The number of hydrogen-bond acceptors (Lipinski definition) is 3. The Labute approximate surface area is 165 Å². The second kappa shape index (κ2) is 9.17. The van der Waals surface area contributed by atoms with E-state index in [0.717, 1.165) is 11.1 Å². The molecular weight excluding hydrogens is 356 g/mol. The Kier molecular flexibility index (Phi) is 6.93. The lowest BCUT2D eigenvalue weighted by molar-refractivity contribution is -0.139. The van der Waals surface area contributed by atoms with E-state index in [4.69, 9.17) is 0 Å². The second-order valence-electron chi connectivity index (χ2n) is 7.68. The van der Waals surface area contributed by atoms with Crippen molar-refractivity contribution >= 4 is 17.8 Å². The summed E-state index contributed by atoms with van der Waals surface area (Å²) in [5.74, 6) is -1.59. The molecule has 0 heterocycles. The first-order chi connectivity index (χ1) is 13.2. The summed E-state index contributed by atoms with van der Waals surface area (Å²) in [6.07, 6.45) is 0.207. The van der Waals surface area contributed by atoms with Crippen LogP contribution in [0.1, 0.15) is 42.3 Å². The lowest BCUT2D eigenvalue weighted by Gasteiger charge is -2.18. The maximum absolute atomic E-state index is 12.4. The van der Waals surface area contributed by atoms with Gasteiger partial charge in [0.15, 0.2) is 0 Å². The van der Waals surface area contributed by atoms with Gasteiger partial charge in [0.1, 0.15) is 6.04 Å². The minimum absolute atomic E-state index is 0.0560. The third-order valence-corrected chi connectivity index (χ3v) is 4.24. The first kappa shape index (κ1) is 21.2. The molecule has 6 nitrogen and oxygen atoms in total. The Morgan fingerprint density at radius 2 is 1.54 bits per heavy atom. The normalized spacial score (nSPS) is 12.1. The van der Waals surface area contributed by atoms with Crippen LogP contribution < -0.4 is 10.6 Å². The molecule has 0 aromatic heterocycles. The van der Waals surface area contributed by atoms with Crippen LogP contribution in [0.25, 0.3) is 0 Å². The van der Waals surface area contributed by atoms with Crippen molar-refractivity contribution < 1.29 is 19.5 Å². The molecule has 2 rings (SSSR count). The van der Waals surface area contributed by atoms with Crippen LogP contribution in [0, 0.1) is 5.41 Å². The number of benzene rings is 2. The average molecular weight is 382 g/mol. The summed E-state index contributed by atoms with van der Waals surface area (Å²) in [5.41, 5.74) is 1.59. The van der Waals surface area contributed by atoms with Crippen molar-refractivity contribution in [1.29, 1.82) is 0 Å². The maximum atomic E-state index is 12.4. The second-order valence-corrected chi connectivity index (χ2v) is 7.68. The largest absolute Gasteiger partial charge is 0.480 e. The van der Waals surface area contributed by atoms with Crippen molar-refractivity contribution in [3.8, 4) is 0 Å². The Morgan fingerprint density at radius 1 is 0.929 bits per heavy atom. The number of amides is 2. The summed E-state index contributed by atoms with van der Waals surface area (Å²) >= 11 is 0. The number of carboxylic acid groups (broad SMARTS) is 1. The number of hydrogen-bond donors (Lipinski definition) is 3. The summed E-state index contributed by atoms with van der Waals surface area (Å²) in [4.78, 5) is 35.8. The van der Waals surface area contributed by atoms with E-state index in [2.05, 4.69) is 10.6 Å². The van der Waals surface area contributed by atoms with Crippen molar-refractivity contribution in [3.05, 3.63) is 71.3 Å². The van der Waals surface area contributed by atoms with E-state index in [1.165, 1.54) is 0 Å². The van der Waals surface area contributed by atoms with Gasteiger partial charge < -0.3 is 15.7 Å². The fourth-order valence-electron chi connectivity index (χ4n) is 2.51. The van der Waals surface area contributed by atoms with Crippen LogP contribution >= 0.6 is 0 Å². The zero-order valence-electron chi connectivity index (χ0n) is 16.4. The molecule has 3 N–H and O–H groups in total. The van der Waals surface area contributed by atoms with Crippen molar-refractivity contribution in [2.24, 2.45) is 5.41 Å². The number of rotatable bonds is 7. The molecule has 0 saturated heterocycles. The van der Waals surface area contributed by atoms with E-state index in [1.807, 2.05) is 51.1 Å². The molecule has 0 aliphatic rings. The van der Waals surface area contributed by atoms with Crippen molar-refractivity contribution in [3.63, 3.8) is 0 Å². The molecule has 28 heavy (non-hydrogen) atoms. The quantitative estimate of drug-likeness (QED) is 0.686. The Balaban J connectivity index is 1.97. The minimum Gasteiger partial charge on any atom is -0.480 e. The molecule has 1 atom stereocenters. The highest BCUT2D eigenvalue weighted by Crippen LogP contribution is 2.13. The zero-order valence-corrected chi connectivity index (χ0v) is 16.4. The molecule has 0 radical (unpaired) electrons. The van der Waals surface area contributed by atoms with E-state index in [-0.39, 0.29) is 12.3 Å². The molecule has 0 spiro atoms. The van der Waals surface area contributed by atoms with Gasteiger partial charge in [0, 0.05) is 23.9 Å². The third-order valence-electron chi connectivity index (χ3n) is 4.24. The molecule has 2 aromatic carbocycles. The zero-order chi connectivity index (χ0) is 20.7. The van der Waals surface area contributed by atoms with E-state index in [1.54, 1.807) is 24.3 Å². The van der Waals surface area contributed by atoms with Crippen LogP contribution in [0.5, 0.6) is 0 Å². The Morgan fingerprint density at radius 3 is 2.07 bits per heavy atom. The Bertz CT molecular complexity index is 824. The van der Waals surface area contributed by atoms with Gasteiger partial charge in [-0.2, -0.15) is 0 Å². The summed E-state index contributed by atoms with van der Waals surface area (Å²) in [7, 11) is 0. The highest BCUT2D eigenvalue weighted by atomic mass is 16.4. The number of carboxylic acids is 1. The highest BCUT2D eigenvalue weighted by Gasteiger charge is 2.22. The van der Waals surface area contributed by atoms with Crippen LogP contribution in [0.3, 0.4) is 0 Å².